The fraction of sp³-hybridized carbons (Fsp3) is 0.238. The summed E-state index contributed by atoms with van der Waals surface area (Å²) < 4.78 is 0. The summed E-state index contributed by atoms with van der Waals surface area (Å²) in [5.74, 6) is 1.47. The van der Waals surface area contributed by atoms with Gasteiger partial charge in [-0.1, -0.05) is 60.2 Å². The van der Waals surface area contributed by atoms with Crippen LogP contribution in [0.15, 0.2) is 60.7 Å². The molecule has 0 aliphatic carbocycles. The lowest BCUT2D eigenvalue weighted by Crippen LogP contribution is -2.11. The highest BCUT2D eigenvalue weighted by Gasteiger charge is 2.08. The number of hydrogen-bond donors (Lipinski definition) is 2. The van der Waals surface area contributed by atoms with Gasteiger partial charge in [0.1, 0.15) is 5.82 Å². The standard InChI is InChI=1S/C21H24N4/c1-15-9-11-18(12-10-15)14-22-21-23-16(2)13-20(25-21)24-17(3)19-7-5-4-6-8-19/h4-13,17H,14H2,1-3H3,(H2,22,23,24,25). The SMILES string of the molecule is Cc1ccc(CNc2nc(C)cc(NC(C)c3ccccc3)n2)cc1. The Labute approximate surface area is 149 Å². The van der Waals surface area contributed by atoms with Crippen LogP contribution in [-0.4, -0.2) is 9.97 Å². The number of benzene rings is 2. The average molecular weight is 332 g/mol. The predicted octanol–water partition coefficient (Wildman–Crippen LogP) is 4.88. The first-order chi connectivity index (χ1) is 12.1. The predicted molar refractivity (Wildman–Crippen MR) is 104 cm³/mol. The molecule has 0 aliphatic heterocycles. The van der Waals surface area contributed by atoms with Crippen molar-refractivity contribution < 1.29 is 0 Å². The summed E-state index contributed by atoms with van der Waals surface area (Å²) in [6.45, 7) is 6.91. The number of rotatable bonds is 6. The second kappa shape index (κ2) is 7.79. The summed E-state index contributed by atoms with van der Waals surface area (Å²) >= 11 is 0. The fourth-order valence-electron chi connectivity index (χ4n) is 2.66. The average Bonchev–Trinajstić information content (AvgIpc) is 2.61. The number of nitrogens with one attached hydrogen (secondary N) is 2. The number of anilines is 2. The highest BCUT2D eigenvalue weighted by molar-refractivity contribution is 5.44. The molecule has 0 aliphatic rings. The van der Waals surface area contributed by atoms with Crippen molar-refractivity contribution in [3.63, 3.8) is 0 Å². The van der Waals surface area contributed by atoms with Crippen molar-refractivity contribution in [3.05, 3.63) is 83.0 Å². The minimum atomic E-state index is 0.181. The van der Waals surface area contributed by atoms with Crippen LogP contribution in [0.3, 0.4) is 0 Å². The zero-order chi connectivity index (χ0) is 17.6. The number of nitrogens with zero attached hydrogens (tertiary/aromatic N) is 2. The van der Waals surface area contributed by atoms with Crippen molar-refractivity contribution in [2.75, 3.05) is 10.6 Å². The van der Waals surface area contributed by atoms with Crippen LogP contribution in [0.2, 0.25) is 0 Å². The van der Waals surface area contributed by atoms with Crippen LogP contribution in [0.1, 0.15) is 35.3 Å². The molecule has 0 saturated heterocycles. The van der Waals surface area contributed by atoms with Gasteiger partial charge in [0.2, 0.25) is 5.95 Å². The molecule has 4 nitrogen and oxygen atoms in total. The Morgan fingerprint density at radius 1 is 0.920 bits per heavy atom. The van der Waals surface area contributed by atoms with Crippen molar-refractivity contribution >= 4 is 11.8 Å². The third kappa shape index (κ3) is 4.80. The molecular weight excluding hydrogens is 308 g/mol. The molecule has 0 bridgehead atoms. The summed E-state index contributed by atoms with van der Waals surface area (Å²) in [4.78, 5) is 9.08. The van der Waals surface area contributed by atoms with Crippen LogP contribution in [-0.2, 0) is 6.54 Å². The zero-order valence-corrected chi connectivity index (χ0v) is 15.0. The Hall–Kier alpha value is -2.88. The fourth-order valence-corrected chi connectivity index (χ4v) is 2.66. The first-order valence-electron chi connectivity index (χ1n) is 8.57. The molecule has 0 fully saturated rings. The van der Waals surface area contributed by atoms with Crippen molar-refractivity contribution in [2.45, 2.75) is 33.4 Å². The largest absolute Gasteiger partial charge is 0.363 e. The van der Waals surface area contributed by atoms with E-state index in [9.17, 15) is 0 Å². The van der Waals surface area contributed by atoms with Gasteiger partial charge in [-0.2, -0.15) is 4.98 Å². The first kappa shape index (κ1) is 17.0. The molecule has 0 radical (unpaired) electrons. The minimum Gasteiger partial charge on any atom is -0.363 e. The Kier molecular flexibility index (Phi) is 5.29. The van der Waals surface area contributed by atoms with Crippen LogP contribution in [0, 0.1) is 13.8 Å². The molecule has 25 heavy (non-hydrogen) atoms. The molecule has 0 spiro atoms. The molecule has 0 saturated carbocycles. The van der Waals surface area contributed by atoms with Crippen LogP contribution in [0.25, 0.3) is 0 Å². The van der Waals surface area contributed by atoms with Crippen LogP contribution in [0.5, 0.6) is 0 Å². The Morgan fingerprint density at radius 2 is 1.64 bits per heavy atom. The summed E-state index contributed by atoms with van der Waals surface area (Å²) in [5, 5.41) is 6.77. The number of hydrogen-bond acceptors (Lipinski definition) is 4. The maximum absolute atomic E-state index is 4.60. The summed E-state index contributed by atoms with van der Waals surface area (Å²) in [7, 11) is 0. The van der Waals surface area contributed by atoms with E-state index in [-0.39, 0.29) is 6.04 Å². The van der Waals surface area contributed by atoms with E-state index < -0.39 is 0 Å². The maximum Gasteiger partial charge on any atom is 0.225 e. The molecule has 1 unspecified atom stereocenters. The van der Waals surface area contributed by atoms with Crippen molar-refractivity contribution in [1.29, 1.82) is 0 Å². The van der Waals surface area contributed by atoms with Crippen LogP contribution < -0.4 is 10.6 Å². The number of aromatic nitrogens is 2. The van der Waals surface area contributed by atoms with E-state index in [1.54, 1.807) is 0 Å². The summed E-state index contributed by atoms with van der Waals surface area (Å²) in [6, 6.07) is 21.0. The van der Waals surface area contributed by atoms with E-state index >= 15 is 0 Å². The van der Waals surface area contributed by atoms with Gasteiger partial charge >= 0.3 is 0 Å². The summed E-state index contributed by atoms with van der Waals surface area (Å²) in [5.41, 5.74) is 4.64. The molecule has 1 heterocycles. The smallest absolute Gasteiger partial charge is 0.225 e. The lowest BCUT2D eigenvalue weighted by atomic mass is 10.1. The minimum absolute atomic E-state index is 0.181. The van der Waals surface area contributed by atoms with Gasteiger partial charge in [-0.3, -0.25) is 0 Å². The molecule has 1 atom stereocenters. The van der Waals surface area contributed by atoms with Crippen molar-refractivity contribution in [3.8, 4) is 0 Å². The van der Waals surface area contributed by atoms with Crippen molar-refractivity contribution in [2.24, 2.45) is 0 Å². The van der Waals surface area contributed by atoms with Gasteiger partial charge in [0, 0.05) is 24.3 Å². The Bertz CT molecular complexity index is 813. The molecule has 3 rings (SSSR count). The topological polar surface area (TPSA) is 49.8 Å². The molecule has 2 aromatic carbocycles. The maximum atomic E-state index is 4.60. The van der Waals surface area contributed by atoms with Gasteiger partial charge in [0.15, 0.2) is 0 Å². The van der Waals surface area contributed by atoms with Crippen molar-refractivity contribution in [1.82, 2.24) is 9.97 Å². The van der Waals surface area contributed by atoms with Gasteiger partial charge in [-0.05, 0) is 31.9 Å². The summed E-state index contributed by atoms with van der Waals surface area (Å²) in [6.07, 6.45) is 0. The molecule has 2 N–H and O–H groups in total. The van der Waals surface area contributed by atoms with Gasteiger partial charge in [-0.25, -0.2) is 4.98 Å². The van der Waals surface area contributed by atoms with Gasteiger partial charge in [-0.15, -0.1) is 0 Å². The normalized spacial score (nSPS) is 11.8. The quantitative estimate of drug-likeness (QED) is 0.675. The third-order valence-electron chi connectivity index (χ3n) is 4.09. The van der Waals surface area contributed by atoms with Gasteiger partial charge in [0.25, 0.3) is 0 Å². The van der Waals surface area contributed by atoms with E-state index in [1.807, 2.05) is 31.2 Å². The molecule has 128 valence electrons. The second-order valence-corrected chi connectivity index (χ2v) is 6.33. The van der Waals surface area contributed by atoms with Crippen LogP contribution in [0.4, 0.5) is 11.8 Å². The highest BCUT2D eigenvalue weighted by atomic mass is 15.1. The van der Waals surface area contributed by atoms with E-state index in [4.69, 9.17) is 0 Å². The molecule has 3 aromatic rings. The molecule has 1 aromatic heterocycles. The molecule has 4 heteroatoms. The van der Waals surface area contributed by atoms with Crippen LogP contribution >= 0.6 is 0 Å². The van der Waals surface area contributed by atoms with E-state index in [0.717, 1.165) is 11.5 Å². The van der Waals surface area contributed by atoms with Gasteiger partial charge < -0.3 is 10.6 Å². The van der Waals surface area contributed by atoms with E-state index in [1.165, 1.54) is 16.7 Å². The zero-order valence-electron chi connectivity index (χ0n) is 15.0. The number of aryl methyl sites for hydroxylation is 2. The lowest BCUT2D eigenvalue weighted by molar-refractivity contribution is 0.869. The van der Waals surface area contributed by atoms with E-state index in [2.05, 4.69) is 70.8 Å². The first-order valence-corrected chi connectivity index (χ1v) is 8.57. The monoisotopic (exact) mass is 332 g/mol. The Balaban J connectivity index is 1.68. The van der Waals surface area contributed by atoms with E-state index in [0.29, 0.717) is 12.5 Å². The Morgan fingerprint density at radius 3 is 2.36 bits per heavy atom. The lowest BCUT2D eigenvalue weighted by Gasteiger charge is -2.16. The third-order valence-corrected chi connectivity index (χ3v) is 4.09. The molecular formula is C21H24N4. The second-order valence-electron chi connectivity index (χ2n) is 6.33. The van der Waals surface area contributed by atoms with Gasteiger partial charge in [0.05, 0.1) is 0 Å². The molecule has 0 amide bonds. The highest BCUT2D eigenvalue weighted by Crippen LogP contribution is 2.19.